The number of nitrogens with one attached hydrogen (secondary N) is 1. The van der Waals surface area contributed by atoms with Crippen LogP contribution in [0, 0.1) is 29.0 Å². The van der Waals surface area contributed by atoms with Gasteiger partial charge >= 0.3 is 0 Å². The molecular weight excluding hydrogens is 319 g/mol. The third kappa shape index (κ3) is 3.16. The topological polar surface area (TPSA) is 72.2 Å². The molecule has 0 unspecified atom stereocenters. The van der Waals surface area contributed by atoms with E-state index in [1.165, 1.54) is 31.4 Å². The molecule has 4 aliphatic carbocycles. The molecule has 2 amide bonds. The summed E-state index contributed by atoms with van der Waals surface area (Å²) in [6.45, 7) is 0. The van der Waals surface area contributed by atoms with Gasteiger partial charge in [0.2, 0.25) is 11.8 Å². The first-order valence-electron chi connectivity index (χ1n) is 9.28. The fourth-order valence-corrected chi connectivity index (χ4v) is 5.82. The number of amides is 2. The molecule has 4 fully saturated rings. The number of halogens is 1. The molecule has 1 aromatic rings. The number of carbonyl (C=O) groups is 2. The zero-order valence-electron chi connectivity index (χ0n) is 14.3. The molecule has 0 aliphatic heterocycles. The van der Waals surface area contributed by atoms with Crippen molar-refractivity contribution in [2.45, 2.75) is 51.0 Å². The Kier molecular flexibility index (Phi) is 4.05. The highest BCUT2D eigenvalue weighted by molar-refractivity contribution is 5.89. The predicted molar refractivity (Wildman–Crippen MR) is 91.8 cm³/mol. The van der Waals surface area contributed by atoms with E-state index in [1.807, 2.05) is 0 Å². The molecule has 0 saturated heterocycles. The summed E-state index contributed by atoms with van der Waals surface area (Å²) in [5, 5.41) is 2.91. The summed E-state index contributed by atoms with van der Waals surface area (Å²) in [7, 11) is 0. The second-order valence-corrected chi connectivity index (χ2v) is 8.46. The first-order chi connectivity index (χ1) is 11.9. The standard InChI is InChI=1S/C20H25FN2O2/c21-16-3-1-2-12(7-16)8-17(18(22)24)23-19(25)20-9-13-4-14(10-20)6-15(5-13)11-20/h1-3,7,13-15,17H,4-6,8-11H2,(H2,22,24)(H,23,25)/t13?,14?,15?,17-,20?/m1/s1. The van der Waals surface area contributed by atoms with E-state index in [1.54, 1.807) is 12.1 Å². The number of carbonyl (C=O) groups excluding carboxylic acids is 2. The third-order valence-electron chi connectivity index (χ3n) is 6.50. The molecule has 0 spiro atoms. The number of hydrogen-bond acceptors (Lipinski definition) is 2. The lowest BCUT2D eigenvalue weighted by Gasteiger charge is -2.55. The van der Waals surface area contributed by atoms with Crippen LogP contribution < -0.4 is 11.1 Å². The maximum absolute atomic E-state index is 13.4. The van der Waals surface area contributed by atoms with E-state index in [4.69, 9.17) is 5.73 Å². The second-order valence-electron chi connectivity index (χ2n) is 8.46. The highest BCUT2D eigenvalue weighted by Gasteiger charge is 2.54. The molecule has 5 heteroatoms. The van der Waals surface area contributed by atoms with E-state index >= 15 is 0 Å². The summed E-state index contributed by atoms with van der Waals surface area (Å²) in [5.41, 5.74) is 5.86. The van der Waals surface area contributed by atoms with Crippen molar-refractivity contribution in [3.8, 4) is 0 Å². The Bertz CT molecular complexity index is 667. The highest BCUT2D eigenvalue weighted by atomic mass is 19.1. The maximum atomic E-state index is 13.4. The van der Waals surface area contributed by atoms with Gasteiger partial charge in [0.1, 0.15) is 11.9 Å². The summed E-state index contributed by atoms with van der Waals surface area (Å²) < 4.78 is 13.4. The van der Waals surface area contributed by atoms with Crippen LogP contribution in [0.5, 0.6) is 0 Å². The summed E-state index contributed by atoms with van der Waals surface area (Å²) in [5.74, 6) is 1.04. The van der Waals surface area contributed by atoms with Crippen LogP contribution in [0.4, 0.5) is 4.39 Å². The lowest BCUT2D eigenvalue weighted by Crippen LogP contribution is -2.57. The molecular formula is C20H25FN2O2. The lowest BCUT2D eigenvalue weighted by molar-refractivity contribution is -0.148. The van der Waals surface area contributed by atoms with Gasteiger partial charge in [0, 0.05) is 11.8 Å². The van der Waals surface area contributed by atoms with E-state index in [2.05, 4.69) is 5.32 Å². The summed E-state index contributed by atoms with van der Waals surface area (Å²) >= 11 is 0. The van der Waals surface area contributed by atoms with Crippen molar-refractivity contribution >= 4 is 11.8 Å². The number of benzene rings is 1. The van der Waals surface area contributed by atoms with Crippen LogP contribution in [0.25, 0.3) is 0 Å². The van der Waals surface area contributed by atoms with Gasteiger partial charge in [0.25, 0.3) is 0 Å². The first-order valence-corrected chi connectivity index (χ1v) is 9.28. The molecule has 0 heterocycles. The second kappa shape index (κ2) is 6.11. The fraction of sp³-hybridized carbons (Fsp3) is 0.600. The van der Waals surface area contributed by atoms with Crippen LogP contribution in [-0.2, 0) is 16.0 Å². The van der Waals surface area contributed by atoms with E-state index in [9.17, 15) is 14.0 Å². The minimum Gasteiger partial charge on any atom is -0.368 e. The molecule has 1 aromatic carbocycles. The molecule has 25 heavy (non-hydrogen) atoms. The third-order valence-corrected chi connectivity index (χ3v) is 6.50. The van der Waals surface area contributed by atoms with Crippen LogP contribution in [0.2, 0.25) is 0 Å². The Morgan fingerprint density at radius 2 is 1.76 bits per heavy atom. The fourth-order valence-electron chi connectivity index (χ4n) is 5.82. The average Bonchev–Trinajstić information content (AvgIpc) is 2.52. The van der Waals surface area contributed by atoms with Crippen molar-refractivity contribution in [3.05, 3.63) is 35.6 Å². The van der Waals surface area contributed by atoms with Crippen LogP contribution >= 0.6 is 0 Å². The van der Waals surface area contributed by atoms with Crippen molar-refractivity contribution in [3.63, 3.8) is 0 Å². The van der Waals surface area contributed by atoms with Crippen LogP contribution in [0.3, 0.4) is 0 Å². The van der Waals surface area contributed by atoms with Crippen molar-refractivity contribution in [2.24, 2.45) is 28.9 Å². The van der Waals surface area contributed by atoms with Crippen LogP contribution in [-0.4, -0.2) is 17.9 Å². The number of nitrogens with two attached hydrogens (primary N) is 1. The molecule has 1 atom stereocenters. The number of hydrogen-bond donors (Lipinski definition) is 2. The SMILES string of the molecule is NC(=O)[C@@H](Cc1cccc(F)c1)NC(=O)C12CC3CC(CC(C3)C1)C2. The smallest absolute Gasteiger partial charge is 0.240 e. The molecule has 0 aromatic heterocycles. The predicted octanol–water partition coefficient (Wildman–Crippen LogP) is 2.55. The Morgan fingerprint density at radius 3 is 2.28 bits per heavy atom. The van der Waals surface area contributed by atoms with Gasteiger partial charge in [-0.25, -0.2) is 4.39 Å². The van der Waals surface area contributed by atoms with Gasteiger partial charge in [-0.2, -0.15) is 0 Å². The molecule has 3 N–H and O–H groups in total. The van der Waals surface area contributed by atoms with Crippen LogP contribution in [0.1, 0.15) is 44.1 Å². The van der Waals surface area contributed by atoms with Gasteiger partial charge in [0.15, 0.2) is 0 Å². The van der Waals surface area contributed by atoms with E-state index in [0.717, 1.165) is 19.3 Å². The van der Waals surface area contributed by atoms with Crippen molar-refractivity contribution < 1.29 is 14.0 Å². The highest BCUT2D eigenvalue weighted by Crippen LogP contribution is 2.60. The molecule has 0 radical (unpaired) electrons. The van der Waals surface area contributed by atoms with Gasteiger partial charge in [-0.05, 0) is 74.0 Å². The minimum atomic E-state index is -0.790. The summed E-state index contributed by atoms with van der Waals surface area (Å²) in [6, 6.07) is 5.30. The van der Waals surface area contributed by atoms with E-state index in [0.29, 0.717) is 23.3 Å². The average molecular weight is 344 g/mol. The Hall–Kier alpha value is -1.91. The molecule has 4 nitrogen and oxygen atoms in total. The Balaban J connectivity index is 1.49. The van der Waals surface area contributed by atoms with Crippen molar-refractivity contribution in [1.82, 2.24) is 5.32 Å². The molecule has 4 bridgehead atoms. The molecule has 5 rings (SSSR count). The normalized spacial score (nSPS) is 33.9. The lowest BCUT2D eigenvalue weighted by atomic mass is 9.49. The Labute approximate surface area is 147 Å². The zero-order chi connectivity index (χ0) is 17.6. The number of primary amides is 1. The van der Waals surface area contributed by atoms with Crippen LogP contribution in [0.15, 0.2) is 24.3 Å². The summed E-state index contributed by atoms with van der Waals surface area (Å²) in [6.07, 6.45) is 6.83. The van der Waals surface area contributed by atoms with E-state index in [-0.39, 0.29) is 23.6 Å². The van der Waals surface area contributed by atoms with E-state index < -0.39 is 11.9 Å². The molecule has 4 saturated carbocycles. The van der Waals surface area contributed by atoms with Gasteiger partial charge in [-0.15, -0.1) is 0 Å². The molecule has 134 valence electrons. The van der Waals surface area contributed by atoms with Gasteiger partial charge in [-0.1, -0.05) is 12.1 Å². The maximum Gasteiger partial charge on any atom is 0.240 e. The first kappa shape index (κ1) is 16.6. The van der Waals surface area contributed by atoms with Crippen molar-refractivity contribution in [2.75, 3.05) is 0 Å². The monoisotopic (exact) mass is 344 g/mol. The van der Waals surface area contributed by atoms with Crippen molar-refractivity contribution in [1.29, 1.82) is 0 Å². The quantitative estimate of drug-likeness (QED) is 0.862. The summed E-state index contributed by atoms with van der Waals surface area (Å²) in [4.78, 5) is 24.9. The minimum absolute atomic E-state index is 0.0215. The van der Waals surface area contributed by atoms with Gasteiger partial charge < -0.3 is 11.1 Å². The number of rotatable bonds is 5. The Morgan fingerprint density at radius 1 is 1.16 bits per heavy atom. The van der Waals surface area contributed by atoms with Gasteiger partial charge in [0.05, 0.1) is 0 Å². The largest absolute Gasteiger partial charge is 0.368 e. The van der Waals surface area contributed by atoms with Gasteiger partial charge in [-0.3, -0.25) is 9.59 Å². The molecule has 4 aliphatic rings. The zero-order valence-corrected chi connectivity index (χ0v) is 14.3.